The molecule has 2 rings (SSSR count). The van der Waals surface area contributed by atoms with Crippen LogP contribution in [-0.2, 0) is 6.54 Å². The van der Waals surface area contributed by atoms with Crippen LogP contribution in [0.4, 0.5) is 0 Å². The van der Waals surface area contributed by atoms with Gasteiger partial charge < -0.3 is 9.73 Å². The molecule has 0 aromatic carbocycles. The minimum atomic E-state index is -0.282. The molecular formula is C12H10Cl2N2O2. The van der Waals surface area contributed by atoms with Gasteiger partial charge in [-0.05, 0) is 31.2 Å². The van der Waals surface area contributed by atoms with E-state index < -0.39 is 0 Å². The number of nitrogens with zero attached hydrogens (tertiary/aromatic N) is 1. The zero-order chi connectivity index (χ0) is 13.1. The fourth-order valence-corrected chi connectivity index (χ4v) is 1.91. The molecule has 0 aliphatic rings. The monoisotopic (exact) mass is 284 g/mol. The summed E-state index contributed by atoms with van der Waals surface area (Å²) in [7, 11) is 0. The number of furan rings is 1. The molecule has 4 nitrogen and oxygen atoms in total. The molecule has 1 N–H and O–H groups in total. The van der Waals surface area contributed by atoms with Crippen molar-refractivity contribution < 1.29 is 9.21 Å². The molecule has 1 amide bonds. The molecule has 94 valence electrons. The number of halogens is 2. The Hall–Kier alpha value is -1.52. The Morgan fingerprint density at radius 3 is 2.56 bits per heavy atom. The van der Waals surface area contributed by atoms with Crippen molar-refractivity contribution in [1.29, 1.82) is 0 Å². The third-order valence-corrected chi connectivity index (χ3v) is 2.63. The van der Waals surface area contributed by atoms with Crippen LogP contribution in [0.2, 0.25) is 10.3 Å². The summed E-state index contributed by atoms with van der Waals surface area (Å²) in [6.07, 6.45) is 0. The lowest BCUT2D eigenvalue weighted by molar-refractivity contribution is 0.0947. The minimum absolute atomic E-state index is 0.182. The van der Waals surface area contributed by atoms with E-state index in [9.17, 15) is 4.79 Å². The van der Waals surface area contributed by atoms with Crippen molar-refractivity contribution in [1.82, 2.24) is 10.3 Å². The van der Waals surface area contributed by atoms with Crippen molar-refractivity contribution in [3.05, 3.63) is 51.7 Å². The Morgan fingerprint density at radius 2 is 2.00 bits per heavy atom. The highest BCUT2D eigenvalue weighted by molar-refractivity contribution is 6.33. The number of pyridine rings is 1. The van der Waals surface area contributed by atoms with E-state index >= 15 is 0 Å². The summed E-state index contributed by atoms with van der Waals surface area (Å²) >= 11 is 11.4. The Morgan fingerprint density at radius 1 is 1.33 bits per heavy atom. The first-order valence-corrected chi connectivity index (χ1v) is 5.97. The summed E-state index contributed by atoms with van der Waals surface area (Å²) in [6, 6.07) is 6.55. The van der Waals surface area contributed by atoms with Crippen molar-refractivity contribution in [2.24, 2.45) is 0 Å². The number of carbonyl (C=O) groups is 1. The number of aromatic nitrogens is 1. The molecule has 2 heterocycles. The summed E-state index contributed by atoms with van der Waals surface area (Å²) in [5.41, 5.74) is 0.364. The van der Waals surface area contributed by atoms with E-state index in [4.69, 9.17) is 27.6 Å². The fourth-order valence-electron chi connectivity index (χ4n) is 1.45. The average Bonchev–Trinajstić information content (AvgIpc) is 2.70. The van der Waals surface area contributed by atoms with Gasteiger partial charge in [0.25, 0.3) is 5.91 Å². The number of rotatable bonds is 3. The van der Waals surface area contributed by atoms with Crippen LogP contribution >= 0.6 is 23.2 Å². The highest BCUT2D eigenvalue weighted by Crippen LogP contribution is 2.14. The fraction of sp³-hybridized carbons (Fsp3) is 0.167. The van der Waals surface area contributed by atoms with Crippen LogP contribution in [0, 0.1) is 6.92 Å². The standard InChI is InChI=1S/C12H10Cl2N2O2/c1-7-2-3-9(18-7)6-15-12(17)8-4-10(13)16-11(14)5-8/h2-5H,6H2,1H3,(H,15,17). The first-order valence-electron chi connectivity index (χ1n) is 5.21. The first kappa shape index (κ1) is 12.9. The molecule has 0 fully saturated rings. The van der Waals surface area contributed by atoms with Crippen LogP contribution in [0.15, 0.2) is 28.7 Å². The van der Waals surface area contributed by atoms with E-state index in [1.807, 2.05) is 19.1 Å². The highest BCUT2D eigenvalue weighted by atomic mass is 35.5. The lowest BCUT2D eigenvalue weighted by Crippen LogP contribution is -2.22. The van der Waals surface area contributed by atoms with E-state index in [-0.39, 0.29) is 16.2 Å². The quantitative estimate of drug-likeness (QED) is 0.881. The largest absolute Gasteiger partial charge is 0.465 e. The molecule has 0 bridgehead atoms. The van der Waals surface area contributed by atoms with Gasteiger partial charge in [0.15, 0.2) is 0 Å². The Kier molecular flexibility index (Phi) is 3.89. The predicted octanol–water partition coefficient (Wildman–Crippen LogP) is 3.22. The molecule has 0 atom stereocenters. The number of hydrogen-bond donors (Lipinski definition) is 1. The van der Waals surface area contributed by atoms with Gasteiger partial charge in [-0.15, -0.1) is 0 Å². The second kappa shape index (κ2) is 5.42. The lowest BCUT2D eigenvalue weighted by atomic mass is 10.2. The van der Waals surface area contributed by atoms with Crippen LogP contribution in [0.5, 0.6) is 0 Å². The Labute approximate surface area is 114 Å². The van der Waals surface area contributed by atoms with Crippen molar-refractivity contribution in [3.8, 4) is 0 Å². The third kappa shape index (κ3) is 3.24. The summed E-state index contributed by atoms with van der Waals surface area (Å²) in [4.78, 5) is 15.6. The average molecular weight is 285 g/mol. The molecule has 0 radical (unpaired) electrons. The van der Waals surface area contributed by atoms with E-state index in [1.165, 1.54) is 12.1 Å². The Bertz CT molecular complexity index is 561. The molecular weight excluding hydrogens is 275 g/mol. The topological polar surface area (TPSA) is 55.1 Å². The summed E-state index contributed by atoms with van der Waals surface area (Å²) in [6.45, 7) is 2.15. The molecule has 0 aliphatic heterocycles. The second-order valence-electron chi connectivity index (χ2n) is 3.70. The van der Waals surface area contributed by atoms with Gasteiger partial charge in [0.05, 0.1) is 6.54 Å². The normalized spacial score (nSPS) is 10.4. The van der Waals surface area contributed by atoms with E-state index in [0.717, 1.165) is 5.76 Å². The minimum Gasteiger partial charge on any atom is -0.465 e. The van der Waals surface area contributed by atoms with Gasteiger partial charge in [0.2, 0.25) is 0 Å². The maximum atomic E-state index is 11.8. The van der Waals surface area contributed by atoms with Crippen molar-refractivity contribution in [2.75, 3.05) is 0 Å². The van der Waals surface area contributed by atoms with Gasteiger partial charge in [0, 0.05) is 5.56 Å². The summed E-state index contributed by atoms with van der Waals surface area (Å²) in [5, 5.41) is 3.07. The number of nitrogens with one attached hydrogen (secondary N) is 1. The maximum Gasteiger partial charge on any atom is 0.251 e. The highest BCUT2D eigenvalue weighted by Gasteiger charge is 2.09. The van der Waals surface area contributed by atoms with Gasteiger partial charge in [-0.2, -0.15) is 0 Å². The van der Waals surface area contributed by atoms with E-state index in [2.05, 4.69) is 10.3 Å². The molecule has 0 saturated heterocycles. The molecule has 18 heavy (non-hydrogen) atoms. The van der Waals surface area contributed by atoms with Crippen LogP contribution in [-0.4, -0.2) is 10.9 Å². The van der Waals surface area contributed by atoms with Gasteiger partial charge in [-0.25, -0.2) is 4.98 Å². The maximum absolute atomic E-state index is 11.8. The van der Waals surface area contributed by atoms with Crippen LogP contribution in [0.25, 0.3) is 0 Å². The third-order valence-electron chi connectivity index (χ3n) is 2.24. The van der Waals surface area contributed by atoms with Gasteiger partial charge in [0.1, 0.15) is 21.8 Å². The van der Waals surface area contributed by atoms with Crippen LogP contribution < -0.4 is 5.32 Å². The molecule has 0 aliphatic carbocycles. The van der Waals surface area contributed by atoms with E-state index in [1.54, 1.807) is 0 Å². The first-order chi connectivity index (χ1) is 8.54. The Balaban J connectivity index is 2.03. The summed E-state index contributed by atoms with van der Waals surface area (Å²) < 4.78 is 5.34. The van der Waals surface area contributed by atoms with Crippen molar-refractivity contribution >= 4 is 29.1 Å². The number of carbonyl (C=O) groups excluding carboxylic acids is 1. The van der Waals surface area contributed by atoms with Gasteiger partial charge >= 0.3 is 0 Å². The molecule has 0 spiro atoms. The van der Waals surface area contributed by atoms with Crippen molar-refractivity contribution in [3.63, 3.8) is 0 Å². The molecule has 6 heteroatoms. The van der Waals surface area contributed by atoms with Crippen molar-refractivity contribution in [2.45, 2.75) is 13.5 Å². The molecule has 0 unspecified atom stereocenters. The zero-order valence-electron chi connectivity index (χ0n) is 9.54. The van der Waals surface area contributed by atoms with Gasteiger partial charge in [-0.3, -0.25) is 4.79 Å². The van der Waals surface area contributed by atoms with E-state index in [0.29, 0.717) is 17.9 Å². The molecule has 2 aromatic heterocycles. The number of amides is 1. The van der Waals surface area contributed by atoms with Gasteiger partial charge in [-0.1, -0.05) is 23.2 Å². The second-order valence-corrected chi connectivity index (χ2v) is 4.47. The lowest BCUT2D eigenvalue weighted by Gasteiger charge is -2.04. The number of hydrogen-bond acceptors (Lipinski definition) is 3. The number of aryl methyl sites for hydroxylation is 1. The predicted molar refractivity (Wildman–Crippen MR) is 68.9 cm³/mol. The smallest absolute Gasteiger partial charge is 0.251 e. The zero-order valence-corrected chi connectivity index (χ0v) is 11.0. The SMILES string of the molecule is Cc1ccc(CNC(=O)c2cc(Cl)nc(Cl)c2)o1. The van der Waals surface area contributed by atoms with Crippen LogP contribution in [0.1, 0.15) is 21.9 Å². The molecule has 2 aromatic rings. The van der Waals surface area contributed by atoms with Crippen LogP contribution in [0.3, 0.4) is 0 Å². The molecule has 0 saturated carbocycles. The summed E-state index contributed by atoms with van der Waals surface area (Å²) in [5.74, 6) is 1.21.